The van der Waals surface area contributed by atoms with Gasteiger partial charge in [-0.05, 0) is 24.1 Å². The number of halogens is 1. The van der Waals surface area contributed by atoms with Gasteiger partial charge in [0.05, 0.1) is 20.3 Å². The number of carbonyl (C=O) groups excluding carboxylic acids is 3. The fourth-order valence-electron chi connectivity index (χ4n) is 1.46. The number of hydrogen-bond acceptors (Lipinski definition) is 8. The number of benzene rings is 1. The van der Waals surface area contributed by atoms with Crippen molar-refractivity contribution >= 4 is 30.6 Å². The van der Waals surface area contributed by atoms with E-state index in [0.29, 0.717) is 5.56 Å². The fourth-order valence-corrected chi connectivity index (χ4v) is 1.46. The molecular weight excluding hydrogens is 332 g/mol. The summed E-state index contributed by atoms with van der Waals surface area (Å²) < 4.78 is 18.4. The average Bonchev–Trinajstić information content (AvgIpc) is 2.49. The second kappa shape index (κ2) is 9.49. The van der Waals surface area contributed by atoms with Crippen molar-refractivity contribution in [3.05, 3.63) is 23.8 Å². The monoisotopic (exact) mass is 348 g/mol. The molecule has 4 N–H and O–H groups in total. The molecule has 0 saturated carbocycles. The van der Waals surface area contributed by atoms with Crippen molar-refractivity contribution in [2.24, 2.45) is 11.5 Å². The van der Waals surface area contributed by atoms with Gasteiger partial charge in [0.1, 0.15) is 0 Å². The van der Waals surface area contributed by atoms with Crippen molar-refractivity contribution in [1.82, 2.24) is 0 Å². The third-order valence-corrected chi connectivity index (χ3v) is 2.55. The number of rotatable bonds is 5. The summed E-state index contributed by atoms with van der Waals surface area (Å²) >= 11 is 0. The van der Waals surface area contributed by atoms with E-state index >= 15 is 0 Å². The zero-order chi connectivity index (χ0) is 16.7. The summed E-state index contributed by atoms with van der Waals surface area (Å²) in [6.07, 6.45) is -1.88. The number of amides is 1. The first-order chi connectivity index (χ1) is 10.4. The highest BCUT2D eigenvalue weighted by Gasteiger charge is 2.17. The minimum absolute atomic E-state index is 0. The van der Waals surface area contributed by atoms with E-state index in [1.807, 2.05) is 0 Å². The molecule has 0 aromatic heterocycles. The van der Waals surface area contributed by atoms with Crippen LogP contribution in [0.15, 0.2) is 18.2 Å². The Labute approximate surface area is 138 Å². The summed E-state index contributed by atoms with van der Waals surface area (Å²) in [6, 6.07) is 3.36. The zero-order valence-electron chi connectivity index (χ0n) is 12.4. The SMILES string of the molecule is COC(=O)Oc1ccc(C[C@H](N)C(N)=O)cc1OC(=O)OC.Cl. The van der Waals surface area contributed by atoms with Crippen LogP contribution in [-0.4, -0.2) is 38.5 Å². The van der Waals surface area contributed by atoms with Crippen molar-refractivity contribution in [2.45, 2.75) is 12.5 Å². The summed E-state index contributed by atoms with van der Waals surface area (Å²) in [5.41, 5.74) is 11.2. The molecule has 1 aromatic carbocycles. The van der Waals surface area contributed by atoms with Gasteiger partial charge in [-0.2, -0.15) is 0 Å². The maximum Gasteiger partial charge on any atom is 0.513 e. The molecule has 9 nitrogen and oxygen atoms in total. The molecule has 10 heteroatoms. The molecule has 1 rings (SSSR count). The first-order valence-electron chi connectivity index (χ1n) is 6.06. The molecule has 0 radical (unpaired) electrons. The van der Waals surface area contributed by atoms with Crippen LogP contribution in [0.2, 0.25) is 0 Å². The normalized spacial score (nSPS) is 10.7. The number of nitrogens with two attached hydrogens (primary N) is 2. The van der Waals surface area contributed by atoms with Crippen molar-refractivity contribution in [3.63, 3.8) is 0 Å². The van der Waals surface area contributed by atoms with Crippen molar-refractivity contribution in [1.29, 1.82) is 0 Å². The fraction of sp³-hybridized carbons (Fsp3) is 0.308. The topological polar surface area (TPSA) is 140 Å². The number of ether oxygens (including phenoxy) is 4. The Kier molecular flexibility index (Phi) is 8.45. The number of hydrogen-bond donors (Lipinski definition) is 2. The molecule has 0 fully saturated rings. The summed E-state index contributed by atoms with van der Waals surface area (Å²) in [5, 5.41) is 0. The minimum Gasteiger partial charge on any atom is -0.437 e. The van der Waals surface area contributed by atoms with Gasteiger partial charge in [-0.25, -0.2) is 9.59 Å². The predicted molar refractivity (Wildman–Crippen MR) is 80.6 cm³/mol. The van der Waals surface area contributed by atoms with E-state index in [0.717, 1.165) is 14.2 Å². The molecule has 1 atom stereocenters. The van der Waals surface area contributed by atoms with E-state index in [2.05, 4.69) is 9.47 Å². The molecule has 1 amide bonds. The Bertz CT molecular complexity index is 579. The highest BCUT2D eigenvalue weighted by Crippen LogP contribution is 2.29. The van der Waals surface area contributed by atoms with Crippen LogP contribution >= 0.6 is 12.4 Å². The predicted octanol–water partition coefficient (Wildman–Crippen LogP) is 0.754. The Morgan fingerprint density at radius 3 is 2.04 bits per heavy atom. The largest absolute Gasteiger partial charge is 0.513 e. The molecule has 0 saturated heterocycles. The van der Waals surface area contributed by atoms with Gasteiger partial charge < -0.3 is 30.4 Å². The van der Waals surface area contributed by atoms with Gasteiger partial charge in [0.15, 0.2) is 11.5 Å². The Morgan fingerprint density at radius 2 is 1.57 bits per heavy atom. The van der Waals surface area contributed by atoms with Gasteiger partial charge in [0, 0.05) is 0 Å². The van der Waals surface area contributed by atoms with Gasteiger partial charge in [-0.1, -0.05) is 6.07 Å². The van der Waals surface area contributed by atoms with E-state index in [-0.39, 0.29) is 30.3 Å². The Balaban J connectivity index is 0.00000484. The molecule has 0 unspecified atom stereocenters. The van der Waals surface area contributed by atoms with Crippen LogP contribution in [0.1, 0.15) is 5.56 Å². The highest BCUT2D eigenvalue weighted by atomic mass is 35.5. The van der Waals surface area contributed by atoms with Crippen LogP contribution in [0.5, 0.6) is 11.5 Å². The second-order valence-electron chi connectivity index (χ2n) is 4.11. The Morgan fingerprint density at radius 1 is 1.04 bits per heavy atom. The molecule has 23 heavy (non-hydrogen) atoms. The van der Waals surface area contributed by atoms with Crippen LogP contribution in [0.3, 0.4) is 0 Å². The summed E-state index contributed by atoms with van der Waals surface area (Å²) in [5.74, 6) is -0.828. The lowest BCUT2D eigenvalue weighted by Gasteiger charge is -2.12. The van der Waals surface area contributed by atoms with E-state index in [4.69, 9.17) is 20.9 Å². The second-order valence-corrected chi connectivity index (χ2v) is 4.11. The molecule has 0 heterocycles. The number of carbonyl (C=O) groups is 3. The number of methoxy groups -OCH3 is 2. The third kappa shape index (κ3) is 6.41. The lowest BCUT2D eigenvalue weighted by atomic mass is 10.1. The summed E-state index contributed by atoms with van der Waals surface area (Å²) in [6.45, 7) is 0. The van der Waals surface area contributed by atoms with E-state index in [9.17, 15) is 14.4 Å². The van der Waals surface area contributed by atoms with Crippen molar-refractivity contribution < 1.29 is 33.3 Å². The zero-order valence-corrected chi connectivity index (χ0v) is 13.3. The van der Waals surface area contributed by atoms with Crippen LogP contribution in [0.25, 0.3) is 0 Å². The lowest BCUT2D eigenvalue weighted by Crippen LogP contribution is -2.38. The van der Waals surface area contributed by atoms with Crippen molar-refractivity contribution in [3.8, 4) is 11.5 Å². The van der Waals surface area contributed by atoms with E-state index in [1.54, 1.807) is 0 Å². The van der Waals surface area contributed by atoms with E-state index < -0.39 is 24.3 Å². The first-order valence-corrected chi connectivity index (χ1v) is 6.06. The van der Waals surface area contributed by atoms with Gasteiger partial charge in [0.2, 0.25) is 5.91 Å². The molecule has 1 aromatic rings. The number of primary amides is 1. The molecular formula is C13H17ClN2O7. The van der Waals surface area contributed by atoms with Gasteiger partial charge in [-0.15, -0.1) is 12.4 Å². The minimum atomic E-state index is -1.01. The van der Waals surface area contributed by atoms with Gasteiger partial charge >= 0.3 is 12.3 Å². The smallest absolute Gasteiger partial charge is 0.437 e. The van der Waals surface area contributed by atoms with E-state index in [1.165, 1.54) is 18.2 Å². The van der Waals surface area contributed by atoms with Crippen LogP contribution < -0.4 is 20.9 Å². The molecule has 0 bridgehead atoms. The standard InChI is InChI=1S/C13H16N2O7.ClH/c1-19-12(17)21-9-4-3-7(5-8(14)11(15)16)6-10(9)22-13(18)20-2;/h3-4,6,8H,5,14H2,1-2H3,(H2,15,16);1H/t8-;/m0./s1. The molecule has 0 spiro atoms. The maximum absolute atomic E-state index is 11.2. The van der Waals surface area contributed by atoms with Gasteiger partial charge in [0.25, 0.3) is 0 Å². The summed E-state index contributed by atoms with van der Waals surface area (Å²) in [7, 11) is 2.25. The van der Waals surface area contributed by atoms with Crippen LogP contribution in [0.4, 0.5) is 9.59 Å². The quantitative estimate of drug-likeness (QED) is 0.586. The first kappa shape index (κ1) is 20.5. The molecule has 128 valence electrons. The van der Waals surface area contributed by atoms with Crippen LogP contribution in [0, 0.1) is 0 Å². The third-order valence-electron chi connectivity index (χ3n) is 2.55. The van der Waals surface area contributed by atoms with Gasteiger partial charge in [-0.3, -0.25) is 4.79 Å². The van der Waals surface area contributed by atoms with Crippen molar-refractivity contribution in [2.75, 3.05) is 14.2 Å². The van der Waals surface area contributed by atoms with Crippen LogP contribution in [-0.2, 0) is 20.7 Å². The molecule has 0 aliphatic heterocycles. The lowest BCUT2D eigenvalue weighted by molar-refractivity contribution is -0.119. The molecule has 0 aliphatic rings. The molecule has 0 aliphatic carbocycles. The summed E-state index contributed by atoms with van der Waals surface area (Å²) in [4.78, 5) is 33.3. The Hall–Kier alpha value is -2.52. The highest BCUT2D eigenvalue weighted by molar-refractivity contribution is 5.85. The maximum atomic E-state index is 11.2. The average molecular weight is 349 g/mol.